The maximum Gasteiger partial charge on any atom is 0.319 e. The molecule has 0 heterocycles. The number of carbonyl (C=O) groups excluding carboxylic acids is 2. The van der Waals surface area contributed by atoms with Crippen molar-refractivity contribution in [1.29, 1.82) is 0 Å². The van der Waals surface area contributed by atoms with Gasteiger partial charge in [0.25, 0.3) is 0 Å². The Hall–Kier alpha value is -2.53. The van der Waals surface area contributed by atoms with Crippen LogP contribution in [0.5, 0.6) is 0 Å². The maximum absolute atomic E-state index is 13.1. The summed E-state index contributed by atoms with van der Waals surface area (Å²) >= 11 is 5.93. The number of halogens is 1. The molecule has 0 saturated heterocycles. The number of urea groups is 1. The van der Waals surface area contributed by atoms with Gasteiger partial charge in [-0.1, -0.05) is 55.1 Å². The number of hydrogen-bond donors (Lipinski definition) is 2. The zero-order valence-electron chi connectivity index (χ0n) is 16.6. The number of carbonyl (C=O) groups is 2. The van der Waals surface area contributed by atoms with E-state index in [1.165, 1.54) is 6.42 Å². The Labute approximate surface area is 177 Å². The van der Waals surface area contributed by atoms with Gasteiger partial charge in [0.1, 0.15) is 0 Å². The summed E-state index contributed by atoms with van der Waals surface area (Å²) in [6.45, 7) is 1.06. The number of hydrogen-bond acceptors (Lipinski definition) is 2. The molecule has 0 bridgehead atoms. The molecule has 0 aliphatic heterocycles. The average Bonchev–Trinajstić information content (AvgIpc) is 2.74. The van der Waals surface area contributed by atoms with E-state index >= 15 is 0 Å². The number of nitrogens with zero attached hydrogens (tertiary/aromatic N) is 1. The van der Waals surface area contributed by atoms with Crippen molar-refractivity contribution in [3.05, 3.63) is 59.6 Å². The van der Waals surface area contributed by atoms with Gasteiger partial charge in [0, 0.05) is 35.4 Å². The van der Waals surface area contributed by atoms with Gasteiger partial charge in [-0.15, -0.1) is 0 Å². The zero-order valence-corrected chi connectivity index (χ0v) is 17.3. The van der Waals surface area contributed by atoms with Crippen molar-refractivity contribution in [2.75, 3.05) is 23.3 Å². The van der Waals surface area contributed by atoms with Crippen molar-refractivity contribution >= 4 is 34.9 Å². The van der Waals surface area contributed by atoms with Crippen LogP contribution < -0.4 is 15.5 Å². The minimum absolute atomic E-state index is 0.114. The van der Waals surface area contributed by atoms with Crippen LogP contribution >= 0.6 is 11.6 Å². The van der Waals surface area contributed by atoms with Crippen LogP contribution in [0.1, 0.15) is 38.5 Å². The van der Waals surface area contributed by atoms with Crippen molar-refractivity contribution in [2.45, 2.75) is 38.5 Å². The Morgan fingerprint density at radius 2 is 1.76 bits per heavy atom. The third-order valence-electron chi connectivity index (χ3n) is 5.21. The zero-order chi connectivity index (χ0) is 20.5. The highest BCUT2D eigenvalue weighted by atomic mass is 35.5. The summed E-state index contributed by atoms with van der Waals surface area (Å²) in [5.41, 5.74) is 1.57. The first-order valence-electron chi connectivity index (χ1n) is 10.3. The molecule has 0 aromatic heterocycles. The van der Waals surface area contributed by atoms with Gasteiger partial charge >= 0.3 is 6.03 Å². The second-order valence-electron chi connectivity index (χ2n) is 7.41. The normalized spacial score (nSPS) is 14.2. The third-order valence-corrected chi connectivity index (χ3v) is 5.45. The van der Waals surface area contributed by atoms with Gasteiger partial charge in [0.05, 0.1) is 0 Å². The molecule has 0 spiro atoms. The molecule has 0 radical (unpaired) electrons. The molecule has 6 heteroatoms. The van der Waals surface area contributed by atoms with E-state index in [-0.39, 0.29) is 17.9 Å². The molecule has 2 aromatic carbocycles. The molecule has 1 aliphatic carbocycles. The molecule has 29 heavy (non-hydrogen) atoms. The highest BCUT2D eigenvalue weighted by Crippen LogP contribution is 2.27. The number of amides is 3. The lowest BCUT2D eigenvalue weighted by atomic mass is 9.88. The Bertz CT molecular complexity index is 807. The van der Waals surface area contributed by atoms with E-state index < -0.39 is 0 Å². The van der Waals surface area contributed by atoms with E-state index in [0.717, 1.165) is 31.4 Å². The van der Waals surface area contributed by atoms with Gasteiger partial charge in [-0.05, 0) is 49.6 Å². The van der Waals surface area contributed by atoms with E-state index in [2.05, 4.69) is 10.6 Å². The molecule has 3 rings (SSSR count). The lowest BCUT2D eigenvalue weighted by molar-refractivity contribution is -0.123. The molecular weight excluding hydrogens is 386 g/mol. The second-order valence-corrected chi connectivity index (χ2v) is 7.84. The molecule has 1 saturated carbocycles. The van der Waals surface area contributed by atoms with Crippen LogP contribution in [-0.4, -0.2) is 25.0 Å². The molecular formula is C23H28ClN3O2. The summed E-state index contributed by atoms with van der Waals surface area (Å²) in [6.07, 6.45) is 6.11. The topological polar surface area (TPSA) is 61.4 Å². The van der Waals surface area contributed by atoms with Gasteiger partial charge in [-0.25, -0.2) is 4.79 Å². The Balaban J connectivity index is 1.51. The monoisotopic (exact) mass is 413 g/mol. The SMILES string of the molecule is O=C(NCCCN(C(=O)C1CCCCC1)c1ccccc1)Nc1cccc(Cl)c1. The predicted octanol–water partition coefficient (Wildman–Crippen LogP) is 5.47. The van der Waals surface area contributed by atoms with Crippen LogP contribution in [0.2, 0.25) is 5.02 Å². The van der Waals surface area contributed by atoms with Crippen molar-refractivity contribution in [3.63, 3.8) is 0 Å². The lowest BCUT2D eigenvalue weighted by Gasteiger charge is -2.29. The van der Waals surface area contributed by atoms with Gasteiger partial charge < -0.3 is 15.5 Å². The van der Waals surface area contributed by atoms with Crippen LogP contribution in [0.4, 0.5) is 16.2 Å². The average molecular weight is 414 g/mol. The van der Waals surface area contributed by atoms with Crippen LogP contribution in [0.25, 0.3) is 0 Å². The van der Waals surface area contributed by atoms with Gasteiger partial charge in [0.2, 0.25) is 5.91 Å². The van der Waals surface area contributed by atoms with E-state index in [9.17, 15) is 9.59 Å². The van der Waals surface area contributed by atoms with Crippen LogP contribution in [0.3, 0.4) is 0 Å². The number of rotatable bonds is 7. The second kappa shape index (κ2) is 10.9. The third kappa shape index (κ3) is 6.50. The summed E-state index contributed by atoms with van der Waals surface area (Å²) in [7, 11) is 0. The van der Waals surface area contributed by atoms with E-state index in [1.54, 1.807) is 24.3 Å². The standard InChI is InChI=1S/C23H28ClN3O2/c24-19-11-7-12-20(17-19)26-23(29)25-15-8-16-27(21-13-5-2-6-14-21)22(28)18-9-3-1-4-10-18/h2,5-7,11-14,17-18H,1,3-4,8-10,15-16H2,(H2,25,26,29). The number of para-hydroxylation sites is 1. The first-order chi connectivity index (χ1) is 14.1. The van der Waals surface area contributed by atoms with Crippen molar-refractivity contribution in [2.24, 2.45) is 5.92 Å². The number of benzene rings is 2. The van der Waals surface area contributed by atoms with Crippen molar-refractivity contribution in [1.82, 2.24) is 5.32 Å². The number of nitrogens with one attached hydrogen (secondary N) is 2. The Morgan fingerprint density at radius 1 is 1.00 bits per heavy atom. The molecule has 1 aliphatic rings. The minimum Gasteiger partial charge on any atom is -0.338 e. The smallest absolute Gasteiger partial charge is 0.319 e. The first kappa shape index (κ1) is 21.2. The molecule has 5 nitrogen and oxygen atoms in total. The minimum atomic E-state index is -0.280. The summed E-state index contributed by atoms with van der Waals surface area (Å²) < 4.78 is 0. The first-order valence-corrected chi connectivity index (χ1v) is 10.7. The fraction of sp³-hybridized carbons (Fsp3) is 0.391. The molecule has 0 unspecified atom stereocenters. The quantitative estimate of drug-likeness (QED) is 0.591. The van der Waals surface area contributed by atoms with E-state index in [1.807, 2.05) is 35.2 Å². The summed E-state index contributed by atoms with van der Waals surface area (Å²) in [5, 5.41) is 6.18. The predicted molar refractivity (Wildman–Crippen MR) is 118 cm³/mol. The van der Waals surface area contributed by atoms with E-state index in [4.69, 9.17) is 11.6 Å². The fourth-order valence-corrected chi connectivity index (χ4v) is 3.92. The Morgan fingerprint density at radius 3 is 2.48 bits per heavy atom. The fourth-order valence-electron chi connectivity index (χ4n) is 3.73. The molecule has 154 valence electrons. The van der Waals surface area contributed by atoms with Gasteiger partial charge in [0.15, 0.2) is 0 Å². The molecule has 3 amide bonds. The molecule has 2 N–H and O–H groups in total. The maximum atomic E-state index is 13.1. The molecule has 2 aromatic rings. The Kier molecular flexibility index (Phi) is 7.94. The summed E-state index contributed by atoms with van der Waals surface area (Å²) in [5.74, 6) is 0.322. The number of anilines is 2. The van der Waals surface area contributed by atoms with Crippen LogP contribution in [0.15, 0.2) is 54.6 Å². The van der Waals surface area contributed by atoms with Crippen molar-refractivity contribution in [3.8, 4) is 0 Å². The largest absolute Gasteiger partial charge is 0.338 e. The van der Waals surface area contributed by atoms with Gasteiger partial charge in [-0.3, -0.25) is 4.79 Å². The van der Waals surface area contributed by atoms with Crippen LogP contribution in [-0.2, 0) is 4.79 Å². The summed E-state index contributed by atoms with van der Waals surface area (Å²) in [6, 6.07) is 16.5. The van der Waals surface area contributed by atoms with Crippen molar-refractivity contribution < 1.29 is 9.59 Å². The highest BCUT2D eigenvalue weighted by molar-refractivity contribution is 6.30. The summed E-state index contributed by atoms with van der Waals surface area (Å²) in [4.78, 5) is 27.1. The molecule has 1 fully saturated rings. The molecule has 0 atom stereocenters. The lowest BCUT2D eigenvalue weighted by Crippen LogP contribution is -2.39. The highest BCUT2D eigenvalue weighted by Gasteiger charge is 2.26. The van der Waals surface area contributed by atoms with Gasteiger partial charge in [-0.2, -0.15) is 0 Å². The van der Waals surface area contributed by atoms with E-state index in [0.29, 0.717) is 30.2 Å². The van der Waals surface area contributed by atoms with Crippen LogP contribution in [0, 0.1) is 5.92 Å².